The van der Waals surface area contributed by atoms with Crippen LogP contribution >= 0.6 is 0 Å². The van der Waals surface area contributed by atoms with Gasteiger partial charge in [-0.1, -0.05) is 6.07 Å². The van der Waals surface area contributed by atoms with Gasteiger partial charge in [0.1, 0.15) is 0 Å². The number of nitrogens with zero attached hydrogens (tertiary/aromatic N) is 1. The molecule has 6 nitrogen and oxygen atoms in total. The summed E-state index contributed by atoms with van der Waals surface area (Å²) in [6, 6.07) is 14.3. The molecule has 29 heavy (non-hydrogen) atoms. The number of aromatic amines is 1. The first-order valence-corrected chi connectivity index (χ1v) is 11.0. The number of nitrogens with one attached hydrogen (secondary N) is 2. The molecular weight excluding hydrogens is 386 g/mol. The summed E-state index contributed by atoms with van der Waals surface area (Å²) in [5, 5.41) is 3.95. The Morgan fingerprint density at radius 3 is 2.48 bits per heavy atom. The fourth-order valence-electron chi connectivity index (χ4n) is 3.58. The fourth-order valence-corrected chi connectivity index (χ4v) is 4.21. The highest BCUT2D eigenvalue weighted by Crippen LogP contribution is 2.30. The van der Waals surface area contributed by atoms with E-state index in [9.17, 15) is 13.2 Å². The van der Waals surface area contributed by atoms with Crippen LogP contribution in [0.15, 0.2) is 65.8 Å². The van der Waals surface area contributed by atoms with Gasteiger partial charge < -0.3 is 14.9 Å². The van der Waals surface area contributed by atoms with Crippen molar-refractivity contribution in [2.45, 2.75) is 11.8 Å². The first-order chi connectivity index (χ1) is 13.7. The highest BCUT2D eigenvalue weighted by atomic mass is 32.2. The van der Waals surface area contributed by atoms with Gasteiger partial charge in [0.05, 0.1) is 16.2 Å². The van der Waals surface area contributed by atoms with Crippen molar-refractivity contribution in [2.24, 2.45) is 7.05 Å². The maximum Gasteiger partial charge on any atom is 0.257 e. The molecule has 0 fully saturated rings. The van der Waals surface area contributed by atoms with E-state index in [1.807, 2.05) is 49.1 Å². The average Bonchev–Trinajstić information content (AvgIpc) is 3.24. The van der Waals surface area contributed by atoms with E-state index in [1.54, 1.807) is 12.1 Å². The number of H-pyrrole nitrogens is 1. The molecular formula is C22H21N3O3S. The summed E-state index contributed by atoms with van der Waals surface area (Å²) in [6.45, 7) is 1.93. The Balaban J connectivity index is 1.64. The lowest BCUT2D eigenvalue weighted by Gasteiger charge is -2.07. The summed E-state index contributed by atoms with van der Waals surface area (Å²) < 4.78 is 25.1. The molecule has 0 radical (unpaired) electrons. The second kappa shape index (κ2) is 6.93. The second-order valence-electron chi connectivity index (χ2n) is 7.16. The van der Waals surface area contributed by atoms with E-state index < -0.39 is 9.84 Å². The van der Waals surface area contributed by atoms with Crippen LogP contribution in [0.25, 0.3) is 22.2 Å². The van der Waals surface area contributed by atoms with Crippen molar-refractivity contribution in [1.82, 2.24) is 9.55 Å². The van der Waals surface area contributed by atoms with Crippen LogP contribution < -0.4 is 5.32 Å². The minimum Gasteiger partial charge on any atom is -0.361 e. The van der Waals surface area contributed by atoms with Crippen molar-refractivity contribution in [2.75, 3.05) is 11.6 Å². The van der Waals surface area contributed by atoms with Crippen molar-refractivity contribution < 1.29 is 13.2 Å². The molecule has 2 heterocycles. The second-order valence-corrected chi connectivity index (χ2v) is 9.17. The molecule has 2 N–H and O–H groups in total. The summed E-state index contributed by atoms with van der Waals surface area (Å²) in [7, 11) is -1.35. The maximum absolute atomic E-state index is 12.8. The zero-order valence-electron chi connectivity index (χ0n) is 16.4. The van der Waals surface area contributed by atoms with Gasteiger partial charge in [-0.15, -0.1) is 0 Å². The molecule has 0 spiro atoms. The van der Waals surface area contributed by atoms with Crippen molar-refractivity contribution in [3.05, 3.63) is 72.1 Å². The number of sulfone groups is 1. The molecule has 0 unspecified atom stereocenters. The molecule has 0 atom stereocenters. The average molecular weight is 407 g/mol. The molecule has 0 saturated heterocycles. The fraction of sp³-hybridized carbons (Fsp3) is 0.136. The lowest BCUT2D eigenvalue weighted by Crippen LogP contribution is -2.12. The third kappa shape index (κ3) is 3.56. The van der Waals surface area contributed by atoms with Crippen LogP contribution in [-0.2, 0) is 16.9 Å². The van der Waals surface area contributed by atoms with Crippen LogP contribution in [0.2, 0.25) is 0 Å². The first kappa shape index (κ1) is 19.0. The van der Waals surface area contributed by atoms with Crippen molar-refractivity contribution >= 4 is 32.3 Å². The number of carbonyl (C=O) groups is 1. The molecule has 0 aliphatic rings. The largest absolute Gasteiger partial charge is 0.361 e. The van der Waals surface area contributed by atoms with Crippen LogP contribution in [0.3, 0.4) is 0 Å². The Morgan fingerprint density at radius 2 is 1.79 bits per heavy atom. The number of carbonyl (C=O) groups excluding carboxylic acids is 1. The number of amides is 1. The number of fused-ring (bicyclic) bond motifs is 1. The molecule has 0 aliphatic carbocycles. The van der Waals surface area contributed by atoms with Crippen LogP contribution in [0, 0.1) is 6.92 Å². The van der Waals surface area contributed by atoms with Gasteiger partial charge in [0.2, 0.25) is 0 Å². The van der Waals surface area contributed by atoms with Crippen LogP contribution in [0.5, 0.6) is 0 Å². The van der Waals surface area contributed by atoms with Gasteiger partial charge in [-0.05, 0) is 60.5 Å². The van der Waals surface area contributed by atoms with Gasteiger partial charge in [-0.2, -0.15) is 0 Å². The monoisotopic (exact) mass is 407 g/mol. The Labute approximate surface area is 169 Å². The summed E-state index contributed by atoms with van der Waals surface area (Å²) in [5.41, 5.74) is 5.08. The standard InChI is InChI=1S/C22H21N3O3S/c1-14-19(22(26)24-17-5-7-18(8-6-17)29(3,27)28)13-25(2)21(14)16-4-9-20-15(12-16)10-11-23-20/h4-13,23H,1-3H3,(H,24,26). The van der Waals surface area contributed by atoms with E-state index >= 15 is 0 Å². The van der Waals surface area contributed by atoms with E-state index in [0.717, 1.165) is 34.0 Å². The summed E-state index contributed by atoms with van der Waals surface area (Å²) >= 11 is 0. The molecule has 4 aromatic rings. The first-order valence-electron chi connectivity index (χ1n) is 9.09. The number of aryl methyl sites for hydroxylation is 1. The highest BCUT2D eigenvalue weighted by molar-refractivity contribution is 7.90. The number of hydrogen-bond acceptors (Lipinski definition) is 3. The number of aromatic nitrogens is 2. The predicted molar refractivity (Wildman–Crippen MR) is 115 cm³/mol. The van der Waals surface area contributed by atoms with Crippen LogP contribution in [0.4, 0.5) is 5.69 Å². The molecule has 2 aromatic carbocycles. The Kier molecular flexibility index (Phi) is 4.55. The van der Waals surface area contributed by atoms with Gasteiger partial charge in [0.15, 0.2) is 9.84 Å². The van der Waals surface area contributed by atoms with Crippen molar-refractivity contribution in [1.29, 1.82) is 0 Å². The normalized spacial score (nSPS) is 11.7. The Hall–Kier alpha value is -3.32. The van der Waals surface area contributed by atoms with Gasteiger partial charge in [0.25, 0.3) is 5.91 Å². The van der Waals surface area contributed by atoms with E-state index in [0.29, 0.717) is 11.3 Å². The number of hydrogen-bond donors (Lipinski definition) is 2. The third-order valence-corrected chi connectivity index (χ3v) is 6.17. The lowest BCUT2D eigenvalue weighted by molar-refractivity contribution is 0.102. The molecule has 0 bridgehead atoms. The highest BCUT2D eigenvalue weighted by Gasteiger charge is 2.18. The summed E-state index contributed by atoms with van der Waals surface area (Å²) in [4.78, 5) is 16.2. The lowest BCUT2D eigenvalue weighted by atomic mass is 10.0. The SMILES string of the molecule is Cc1c(C(=O)Nc2ccc(S(C)(=O)=O)cc2)cn(C)c1-c1ccc2[nH]ccc2c1. The predicted octanol–water partition coefficient (Wildman–Crippen LogP) is 4.14. The molecule has 2 aromatic heterocycles. The van der Waals surface area contributed by atoms with E-state index in [-0.39, 0.29) is 10.8 Å². The molecule has 7 heteroatoms. The molecule has 148 valence electrons. The van der Waals surface area contributed by atoms with Crippen molar-refractivity contribution in [3.63, 3.8) is 0 Å². The van der Waals surface area contributed by atoms with Gasteiger partial charge >= 0.3 is 0 Å². The van der Waals surface area contributed by atoms with Gasteiger partial charge in [-0.3, -0.25) is 4.79 Å². The van der Waals surface area contributed by atoms with E-state index in [2.05, 4.69) is 16.4 Å². The van der Waals surface area contributed by atoms with E-state index in [1.165, 1.54) is 12.1 Å². The molecule has 0 saturated carbocycles. The molecule has 1 amide bonds. The van der Waals surface area contributed by atoms with Crippen LogP contribution in [-0.4, -0.2) is 30.1 Å². The number of rotatable bonds is 4. The van der Waals surface area contributed by atoms with Gasteiger partial charge in [-0.25, -0.2) is 8.42 Å². The topological polar surface area (TPSA) is 84.0 Å². The number of anilines is 1. The van der Waals surface area contributed by atoms with Gasteiger partial charge in [0, 0.05) is 42.3 Å². The van der Waals surface area contributed by atoms with Crippen molar-refractivity contribution in [3.8, 4) is 11.3 Å². The zero-order chi connectivity index (χ0) is 20.8. The quantitative estimate of drug-likeness (QED) is 0.533. The zero-order valence-corrected chi connectivity index (χ0v) is 17.2. The molecule has 4 rings (SSSR count). The number of benzene rings is 2. The third-order valence-electron chi connectivity index (χ3n) is 5.05. The Morgan fingerprint density at radius 1 is 1.07 bits per heavy atom. The smallest absolute Gasteiger partial charge is 0.257 e. The summed E-state index contributed by atoms with van der Waals surface area (Å²) in [6.07, 6.45) is 4.87. The van der Waals surface area contributed by atoms with Crippen LogP contribution in [0.1, 0.15) is 15.9 Å². The maximum atomic E-state index is 12.8. The molecule has 0 aliphatic heterocycles. The minimum absolute atomic E-state index is 0.217. The Bertz CT molecular complexity index is 1330. The summed E-state index contributed by atoms with van der Waals surface area (Å²) in [5.74, 6) is -0.237. The minimum atomic E-state index is -3.27. The van der Waals surface area contributed by atoms with E-state index in [4.69, 9.17) is 0 Å².